The lowest BCUT2D eigenvalue weighted by atomic mass is 10.3. The van der Waals surface area contributed by atoms with Crippen molar-refractivity contribution in [1.29, 1.82) is 0 Å². The lowest BCUT2D eigenvalue weighted by molar-refractivity contribution is -0.133. The summed E-state index contributed by atoms with van der Waals surface area (Å²) in [5.74, 6) is 2.75. The van der Waals surface area contributed by atoms with Crippen molar-refractivity contribution in [3.63, 3.8) is 0 Å². The average molecular weight is 615 g/mol. The maximum absolute atomic E-state index is 13.8. The van der Waals surface area contributed by atoms with Crippen molar-refractivity contribution in [3.8, 4) is 34.5 Å². The highest BCUT2D eigenvalue weighted by molar-refractivity contribution is 8.30. The zero-order chi connectivity index (χ0) is 31.2. The van der Waals surface area contributed by atoms with E-state index in [0.29, 0.717) is 90.4 Å². The van der Waals surface area contributed by atoms with E-state index in [2.05, 4.69) is 0 Å². The van der Waals surface area contributed by atoms with Crippen LogP contribution in [-0.2, 0) is 8.98 Å². The van der Waals surface area contributed by atoms with Crippen LogP contribution in [0.4, 0.5) is 0 Å². The van der Waals surface area contributed by atoms with Gasteiger partial charge in [-0.1, -0.05) is 25.1 Å². The summed E-state index contributed by atoms with van der Waals surface area (Å²) < 4.78 is 44.0. The lowest BCUT2D eigenvalue weighted by Gasteiger charge is -2.42. The zero-order valence-electron chi connectivity index (χ0n) is 26.5. The van der Waals surface area contributed by atoms with Gasteiger partial charge < -0.3 is 32.6 Å². The molecule has 0 radical (unpaired) electrons. The summed E-state index contributed by atoms with van der Waals surface area (Å²) in [5, 5.41) is 0. The molecule has 0 aliphatic carbocycles. The fourth-order valence-electron chi connectivity index (χ4n) is 4.69. The molecular formula is C34H46O8S. The highest BCUT2D eigenvalue weighted by atomic mass is 32.3. The second kappa shape index (κ2) is 16.8. The van der Waals surface area contributed by atoms with Gasteiger partial charge in [-0.15, -0.1) is 0 Å². The Morgan fingerprint density at radius 2 is 0.930 bits per heavy atom. The molecule has 0 spiro atoms. The molecule has 0 unspecified atom stereocenters. The third kappa shape index (κ3) is 7.82. The molecule has 43 heavy (non-hydrogen) atoms. The smallest absolute Gasteiger partial charge is 0.317 e. The molecule has 3 rings (SSSR count). The molecular weight excluding hydrogens is 568 g/mol. The van der Waals surface area contributed by atoms with E-state index in [-0.39, 0.29) is 12.4 Å². The predicted octanol–water partition coefficient (Wildman–Crippen LogP) is 8.62. The van der Waals surface area contributed by atoms with Crippen LogP contribution in [0.2, 0.25) is 0 Å². The van der Waals surface area contributed by atoms with Gasteiger partial charge in [0, 0.05) is 45.9 Å². The molecule has 0 aliphatic heterocycles. The Labute approximate surface area is 258 Å². The second-order valence-electron chi connectivity index (χ2n) is 9.17. The fraction of sp³-hybridized carbons (Fsp3) is 0.441. The van der Waals surface area contributed by atoms with Crippen molar-refractivity contribution in [3.05, 3.63) is 54.6 Å². The molecule has 0 bridgehead atoms. The van der Waals surface area contributed by atoms with Crippen molar-refractivity contribution >= 4 is 16.3 Å². The fourth-order valence-corrected chi connectivity index (χ4v) is 8.13. The van der Waals surface area contributed by atoms with E-state index >= 15 is 0 Å². The van der Waals surface area contributed by atoms with Gasteiger partial charge in [0.15, 0.2) is 0 Å². The number of rotatable bonds is 18. The molecule has 0 N–H and O–H groups in total. The van der Waals surface area contributed by atoms with E-state index in [1.165, 1.54) is 0 Å². The highest BCUT2D eigenvalue weighted by Gasteiger charge is 2.46. The first-order chi connectivity index (χ1) is 20.9. The summed E-state index contributed by atoms with van der Waals surface area (Å²) in [6.45, 7) is 15.8. The van der Waals surface area contributed by atoms with Crippen molar-refractivity contribution < 1.29 is 37.4 Å². The number of hydrogen-bond acceptors (Lipinski definition) is 8. The van der Waals surface area contributed by atoms with Crippen LogP contribution in [0.5, 0.6) is 34.5 Å². The Kier molecular flexibility index (Phi) is 13.2. The Morgan fingerprint density at radius 3 is 1.26 bits per heavy atom. The Bertz CT molecular complexity index is 1190. The molecule has 0 fully saturated rings. The normalized spacial score (nSPS) is 11.4. The molecule has 236 valence electrons. The van der Waals surface area contributed by atoms with Crippen molar-refractivity contribution in [2.24, 2.45) is 0 Å². The second-order valence-corrected chi connectivity index (χ2v) is 11.7. The molecule has 0 saturated carbocycles. The maximum Gasteiger partial charge on any atom is 0.317 e. The molecule has 0 aromatic heterocycles. The topological polar surface area (TPSA) is 81.7 Å². The minimum absolute atomic E-state index is 0.220. The van der Waals surface area contributed by atoms with E-state index in [0.717, 1.165) is 4.90 Å². The van der Waals surface area contributed by atoms with Gasteiger partial charge in [0.05, 0.1) is 39.6 Å². The van der Waals surface area contributed by atoms with Crippen molar-refractivity contribution in [2.75, 3.05) is 39.6 Å². The van der Waals surface area contributed by atoms with Crippen molar-refractivity contribution in [2.45, 2.75) is 76.0 Å². The van der Waals surface area contributed by atoms with Gasteiger partial charge in [-0.05, 0) is 60.1 Å². The molecule has 3 aromatic carbocycles. The summed E-state index contributed by atoms with van der Waals surface area (Å²) in [6, 6.07) is 17.0. The average Bonchev–Trinajstić information content (AvgIpc) is 2.98. The monoisotopic (exact) mass is 614 g/mol. The van der Waals surface area contributed by atoms with Gasteiger partial charge in [0.1, 0.15) is 44.3 Å². The zero-order valence-corrected chi connectivity index (χ0v) is 27.3. The predicted molar refractivity (Wildman–Crippen MR) is 170 cm³/mol. The first-order valence-corrected chi connectivity index (χ1v) is 16.7. The maximum atomic E-state index is 13.8. The van der Waals surface area contributed by atoms with Gasteiger partial charge in [-0.3, -0.25) is 4.79 Å². The van der Waals surface area contributed by atoms with E-state index in [4.69, 9.17) is 32.6 Å². The molecule has 0 amide bonds. The quantitative estimate of drug-likeness (QED) is 0.141. The molecule has 8 nitrogen and oxygen atoms in total. The SMILES string of the molecule is CCCC(=O)OS(c1ccccc1)(c1c(OCC)cc(OCC)cc1OCC)c1c(OCC)cc(OCC)cc1OCC. The summed E-state index contributed by atoms with van der Waals surface area (Å²) in [6.07, 6.45) is 0.834. The first kappa shape index (κ1) is 33.8. The van der Waals surface area contributed by atoms with Gasteiger partial charge in [0.25, 0.3) is 0 Å². The summed E-state index contributed by atoms with van der Waals surface area (Å²) in [5.41, 5.74) is 0. The third-order valence-corrected chi connectivity index (χ3v) is 9.46. The molecule has 0 heterocycles. The molecule has 0 saturated heterocycles. The van der Waals surface area contributed by atoms with Crippen LogP contribution >= 0.6 is 10.3 Å². The summed E-state index contributed by atoms with van der Waals surface area (Å²) >= 11 is 0. The molecule has 3 aromatic rings. The van der Waals surface area contributed by atoms with Crippen LogP contribution in [0, 0.1) is 0 Å². The Morgan fingerprint density at radius 1 is 0.558 bits per heavy atom. The van der Waals surface area contributed by atoms with Crippen LogP contribution in [-0.4, -0.2) is 45.6 Å². The van der Waals surface area contributed by atoms with E-state index in [1.807, 2.05) is 103 Å². The van der Waals surface area contributed by atoms with Gasteiger partial charge in [-0.2, -0.15) is 0 Å². The van der Waals surface area contributed by atoms with E-state index in [9.17, 15) is 4.79 Å². The Hall–Kier alpha value is -3.72. The van der Waals surface area contributed by atoms with Crippen molar-refractivity contribution in [1.82, 2.24) is 0 Å². The third-order valence-electron chi connectivity index (χ3n) is 6.13. The summed E-state index contributed by atoms with van der Waals surface area (Å²) in [4.78, 5) is 15.7. The van der Waals surface area contributed by atoms with Crippen LogP contribution < -0.4 is 28.4 Å². The Balaban J connectivity index is 2.67. The largest absolute Gasteiger partial charge is 0.494 e. The first-order valence-electron chi connectivity index (χ1n) is 15.2. The highest BCUT2D eigenvalue weighted by Crippen LogP contribution is 2.77. The van der Waals surface area contributed by atoms with Crippen LogP contribution in [0.15, 0.2) is 69.3 Å². The summed E-state index contributed by atoms with van der Waals surface area (Å²) in [7, 11) is -2.99. The molecule has 0 atom stereocenters. The lowest BCUT2D eigenvalue weighted by Crippen LogP contribution is -2.18. The van der Waals surface area contributed by atoms with Crippen LogP contribution in [0.1, 0.15) is 61.3 Å². The standard InChI is InChI=1S/C34H46O8S/c1-8-18-32(35)42-43(27-19-16-15-17-20-27,33-28(38-11-4)21-25(36-9-2)22-29(33)39-12-5)34-30(40-13-6)23-26(37-10-3)24-31(34)41-14-7/h15-17,19-24H,8-14,18H2,1-7H3. The molecule has 0 aliphatic rings. The minimum Gasteiger partial charge on any atom is -0.494 e. The number of hydrogen-bond donors (Lipinski definition) is 0. The minimum atomic E-state index is -2.99. The van der Waals surface area contributed by atoms with Crippen LogP contribution in [0.25, 0.3) is 0 Å². The molecule has 9 heteroatoms. The number of ether oxygens (including phenoxy) is 6. The van der Waals surface area contributed by atoms with Crippen LogP contribution in [0.3, 0.4) is 0 Å². The number of carbonyl (C=O) groups is 1. The van der Waals surface area contributed by atoms with Gasteiger partial charge in [-0.25, -0.2) is 0 Å². The van der Waals surface area contributed by atoms with Gasteiger partial charge >= 0.3 is 5.97 Å². The number of benzene rings is 3. The van der Waals surface area contributed by atoms with E-state index < -0.39 is 10.3 Å². The number of carbonyl (C=O) groups excluding carboxylic acids is 1. The van der Waals surface area contributed by atoms with E-state index in [1.54, 1.807) is 0 Å². The van der Waals surface area contributed by atoms with Gasteiger partial charge in [0.2, 0.25) is 0 Å².